The topological polar surface area (TPSA) is 63.0 Å². The molecule has 3 aromatic rings. The lowest BCUT2D eigenvalue weighted by atomic mass is 10.0. The Balaban J connectivity index is 1.21. The summed E-state index contributed by atoms with van der Waals surface area (Å²) in [5.74, 6) is 1.73. The Bertz CT molecular complexity index is 1080. The smallest absolute Gasteiger partial charge is 0.119 e. The van der Waals surface area contributed by atoms with Crippen molar-refractivity contribution in [1.82, 2.24) is 19.6 Å². The van der Waals surface area contributed by atoms with Gasteiger partial charge < -0.3 is 14.6 Å². The van der Waals surface area contributed by atoms with Gasteiger partial charge in [0, 0.05) is 38.4 Å². The van der Waals surface area contributed by atoms with Crippen LogP contribution in [0.15, 0.2) is 54.6 Å². The highest BCUT2D eigenvalue weighted by molar-refractivity contribution is 5.28. The van der Waals surface area contributed by atoms with E-state index in [4.69, 9.17) is 9.47 Å². The number of nitrogens with zero attached hydrogens (tertiary/aromatic N) is 4. The molecule has 1 saturated heterocycles. The maximum Gasteiger partial charge on any atom is 0.119 e. The van der Waals surface area contributed by atoms with Crippen LogP contribution in [-0.2, 0) is 19.6 Å². The van der Waals surface area contributed by atoms with Gasteiger partial charge in [0.1, 0.15) is 18.1 Å². The molecule has 1 N–H and O–H groups in total. The highest BCUT2D eigenvalue weighted by Crippen LogP contribution is 2.25. The van der Waals surface area contributed by atoms with Gasteiger partial charge in [-0.05, 0) is 68.8 Å². The third-order valence-corrected chi connectivity index (χ3v) is 6.59. The Morgan fingerprint density at radius 2 is 1.71 bits per heavy atom. The average molecular weight is 479 g/mol. The Hall–Kier alpha value is -2.87. The van der Waals surface area contributed by atoms with E-state index in [-0.39, 0.29) is 0 Å². The fourth-order valence-corrected chi connectivity index (χ4v) is 4.91. The first-order valence-electron chi connectivity index (χ1n) is 12.3. The molecule has 1 aliphatic heterocycles. The lowest BCUT2D eigenvalue weighted by molar-refractivity contribution is 0.0162. The number of hydrogen-bond donors (Lipinski definition) is 1. The fourth-order valence-electron chi connectivity index (χ4n) is 4.91. The van der Waals surface area contributed by atoms with Gasteiger partial charge in [-0.3, -0.25) is 14.5 Å². The van der Waals surface area contributed by atoms with Crippen molar-refractivity contribution in [2.45, 2.75) is 45.5 Å². The van der Waals surface area contributed by atoms with E-state index in [0.717, 1.165) is 55.5 Å². The zero-order chi connectivity index (χ0) is 24.8. The van der Waals surface area contributed by atoms with Gasteiger partial charge in [0.2, 0.25) is 0 Å². The van der Waals surface area contributed by atoms with E-state index in [9.17, 15) is 5.11 Å². The van der Waals surface area contributed by atoms with E-state index < -0.39 is 5.60 Å². The van der Waals surface area contributed by atoms with Crippen LogP contribution in [0, 0.1) is 13.8 Å². The van der Waals surface area contributed by atoms with Gasteiger partial charge in [-0.2, -0.15) is 5.10 Å². The van der Waals surface area contributed by atoms with Crippen LogP contribution < -0.4 is 9.47 Å². The van der Waals surface area contributed by atoms with Crippen LogP contribution in [0.5, 0.6) is 11.5 Å². The van der Waals surface area contributed by atoms with Crippen molar-refractivity contribution >= 4 is 0 Å². The third-order valence-electron chi connectivity index (χ3n) is 6.59. The molecule has 35 heavy (non-hydrogen) atoms. The monoisotopic (exact) mass is 478 g/mol. The summed E-state index contributed by atoms with van der Waals surface area (Å²) in [6, 6.07) is 18.5. The number of β-amino-alcohol motifs (C(OH)–C–C–N with tert-alkyl or cyclic N) is 1. The number of rotatable bonds is 11. The zero-order valence-corrected chi connectivity index (χ0v) is 21.4. The van der Waals surface area contributed by atoms with E-state index in [2.05, 4.69) is 59.2 Å². The average Bonchev–Trinajstić information content (AvgIpc) is 3.35. The van der Waals surface area contributed by atoms with Gasteiger partial charge in [-0.1, -0.05) is 24.3 Å². The standard InChI is InChI=1S/C28H38N4O3/c1-22-17-23(2)32(29-22)15-16-35-27-11-7-25(8-12-27)19-31-14-13-28(33,21-31)20-30(3)18-24-5-9-26(34-4)10-6-24/h5-12,17,33H,13-16,18-21H2,1-4H3/t28-/m0/s1. The van der Waals surface area contributed by atoms with E-state index in [1.807, 2.05) is 35.9 Å². The first kappa shape index (κ1) is 25.2. The molecule has 7 heteroatoms. The Kier molecular flexibility index (Phi) is 8.11. The lowest BCUT2D eigenvalue weighted by Crippen LogP contribution is -2.43. The summed E-state index contributed by atoms with van der Waals surface area (Å²) in [7, 11) is 3.74. The molecular weight excluding hydrogens is 440 g/mol. The summed E-state index contributed by atoms with van der Waals surface area (Å²) in [4.78, 5) is 4.53. The van der Waals surface area contributed by atoms with E-state index in [1.54, 1.807) is 7.11 Å². The quantitative estimate of drug-likeness (QED) is 0.454. The molecule has 1 atom stereocenters. The van der Waals surface area contributed by atoms with Crippen molar-refractivity contribution in [2.75, 3.05) is 40.4 Å². The van der Waals surface area contributed by atoms with Crippen molar-refractivity contribution in [3.05, 3.63) is 77.1 Å². The van der Waals surface area contributed by atoms with Crippen molar-refractivity contribution < 1.29 is 14.6 Å². The number of aromatic nitrogens is 2. The van der Waals surface area contributed by atoms with Crippen molar-refractivity contribution in [1.29, 1.82) is 0 Å². The van der Waals surface area contributed by atoms with Gasteiger partial charge in [0.25, 0.3) is 0 Å². The van der Waals surface area contributed by atoms with Gasteiger partial charge in [0.05, 0.1) is 24.9 Å². The summed E-state index contributed by atoms with van der Waals surface area (Å²) < 4.78 is 13.1. The number of methoxy groups -OCH3 is 1. The molecule has 1 fully saturated rings. The van der Waals surface area contributed by atoms with Crippen molar-refractivity contribution in [3.63, 3.8) is 0 Å². The number of likely N-dealkylation sites (N-methyl/N-ethyl adjacent to an activating group) is 1. The summed E-state index contributed by atoms with van der Waals surface area (Å²) >= 11 is 0. The Morgan fingerprint density at radius 1 is 1.03 bits per heavy atom. The second-order valence-corrected chi connectivity index (χ2v) is 9.85. The van der Waals surface area contributed by atoms with Gasteiger partial charge in [-0.15, -0.1) is 0 Å². The Labute approximate surface area is 208 Å². The predicted molar refractivity (Wildman–Crippen MR) is 138 cm³/mol. The van der Waals surface area contributed by atoms with Gasteiger partial charge in [0.15, 0.2) is 0 Å². The molecule has 4 rings (SSSR count). The minimum atomic E-state index is -0.687. The summed E-state index contributed by atoms with van der Waals surface area (Å²) in [6.07, 6.45) is 0.785. The lowest BCUT2D eigenvalue weighted by Gasteiger charge is -2.29. The van der Waals surface area contributed by atoms with E-state index in [0.29, 0.717) is 19.7 Å². The van der Waals surface area contributed by atoms with Crippen LogP contribution >= 0.6 is 0 Å². The number of aliphatic hydroxyl groups is 1. The largest absolute Gasteiger partial charge is 0.497 e. The van der Waals surface area contributed by atoms with Crippen molar-refractivity contribution in [2.24, 2.45) is 0 Å². The molecule has 0 spiro atoms. The molecule has 0 unspecified atom stereocenters. The van der Waals surface area contributed by atoms with Gasteiger partial charge in [-0.25, -0.2) is 0 Å². The fraction of sp³-hybridized carbons (Fsp3) is 0.464. The highest BCUT2D eigenvalue weighted by atomic mass is 16.5. The number of ether oxygens (including phenoxy) is 2. The highest BCUT2D eigenvalue weighted by Gasteiger charge is 2.36. The number of likely N-dealkylation sites (tertiary alicyclic amines) is 1. The zero-order valence-electron chi connectivity index (χ0n) is 21.4. The van der Waals surface area contributed by atoms with Crippen LogP contribution in [0.1, 0.15) is 28.9 Å². The summed E-state index contributed by atoms with van der Waals surface area (Å²) in [5.41, 5.74) is 3.94. The molecule has 0 amide bonds. The molecule has 0 saturated carbocycles. The first-order valence-corrected chi connectivity index (χ1v) is 12.3. The van der Waals surface area contributed by atoms with Crippen LogP contribution in [0.2, 0.25) is 0 Å². The second-order valence-electron chi connectivity index (χ2n) is 9.85. The maximum absolute atomic E-state index is 11.2. The summed E-state index contributed by atoms with van der Waals surface area (Å²) in [5, 5.41) is 15.7. The molecule has 188 valence electrons. The molecule has 7 nitrogen and oxygen atoms in total. The molecule has 2 aromatic carbocycles. The van der Waals surface area contributed by atoms with Crippen molar-refractivity contribution in [3.8, 4) is 11.5 Å². The first-order chi connectivity index (χ1) is 16.8. The minimum absolute atomic E-state index is 0.588. The SMILES string of the molecule is COc1ccc(CN(C)C[C@@]2(O)CCN(Cc3ccc(OCCn4nc(C)cc4C)cc3)C2)cc1. The normalized spacial score (nSPS) is 18.3. The van der Waals surface area contributed by atoms with Crippen LogP contribution in [-0.4, -0.2) is 70.7 Å². The number of benzene rings is 2. The van der Waals surface area contributed by atoms with Crippen LogP contribution in [0.4, 0.5) is 0 Å². The molecule has 2 heterocycles. The molecule has 0 bridgehead atoms. The van der Waals surface area contributed by atoms with E-state index >= 15 is 0 Å². The molecule has 0 radical (unpaired) electrons. The Morgan fingerprint density at radius 3 is 2.37 bits per heavy atom. The number of hydrogen-bond acceptors (Lipinski definition) is 6. The molecular formula is C28H38N4O3. The number of aryl methyl sites for hydroxylation is 2. The maximum atomic E-state index is 11.2. The predicted octanol–water partition coefficient (Wildman–Crippen LogP) is 3.66. The molecule has 1 aliphatic rings. The summed E-state index contributed by atoms with van der Waals surface area (Å²) in [6.45, 7) is 9.25. The second kappa shape index (κ2) is 11.2. The third kappa shape index (κ3) is 7.07. The van der Waals surface area contributed by atoms with E-state index in [1.165, 1.54) is 11.1 Å². The van der Waals surface area contributed by atoms with Gasteiger partial charge >= 0.3 is 0 Å². The molecule has 1 aromatic heterocycles. The van der Waals surface area contributed by atoms with Crippen LogP contribution in [0.25, 0.3) is 0 Å². The van der Waals surface area contributed by atoms with Crippen LogP contribution in [0.3, 0.4) is 0 Å². The molecule has 0 aliphatic carbocycles. The minimum Gasteiger partial charge on any atom is -0.497 e.